The fourth-order valence-electron chi connectivity index (χ4n) is 4.04. The number of rotatable bonds is 10. The van der Waals surface area contributed by atoms with Crippen LogP contribution in [0.1, 0.15) is 77.1 Å². The Labute approximate surface area is 212 Å². The fraction of sp³-hybridized carbons (Fsp3) is 0.481. The molecule has 0 spiro atoms. The maximum atomic E-state index is 12.8. The van der Waals surface area contributed by atoms with Crippen LogP contribution in [0, 0.1) is 12.5 Å². The van der Waals surface area contributed by atoms with Gasteiger partial charge in [-0.15, -0.1) is 0 Å². The van der Waals surface area contributed by atoms with Gasteiger partial charge in [0.2, 0.25) is 11.6 Å². The van der Waals surface area contributed by atoms with E-state index in [4.69, 9.17) is 16.0 Å². The number of fused-ring (bicyclic) bond motifs is 1. The number of ether oxygens (including phenoxy) is 2. The van der Waals surface area contributed by atoms with Crippen molar-refractivity contribution < 1.29 is 19.1 Å². The first kappa shape index (κ1) is 26.8. The largest absolute Gasteiger partial charge is 0.496 e. The van der Waals surface area contributed by atoms with Crippen molar-refractivity contribution in [1.82, 2.24) is 14.6 Å². The zero-order valence-corrected chi connectivity index (χ0v) is 21.9. The molecule has 2 heterocycles. The molecular weight excluding hydrogens is 458 g/mol. The number of nitrogens with zero attached hydrogens (tertiary/aromatic N) is 3. The summed E-state index contributed by atoms with van der Waals surface area (Å²) in [6.45, 7) is 17.0. The van der Waals surface area contributed by atoms with E-state index >= 15 is 0 Å². The smallest absolute Gasteiger partial charge is 0.331 e. The molecule has 0 saturated carbocycles. The van der Waals surface area contributed by atoms with Crippen molar-refractivity contribution in [2.24, 2.45) is 5.92 Å². The second-order valence-electron chi connectivity index (χ2n) is 9.85. The molecule has 0 aliphatic rings. The highest BCUT2D eigenvalue weighted by atomic mass is 16.6. The van der Waals surface area contributed by atoms with Crippen LogP contribution in [0.3, 0.4) is 0 Å². The molecule has 2 N–H and O–H groups in total. The molecule has 0 saturated heterocycles. The van der Waals surface area contributed by atoms with Crippen LogP contribution in [-0.2, 0) is 9.53 Å². The van der Waals surface area contributed by atoms with Gasteiger partial charge in [-0.05, 0) is 51.3 Å². The summed E-state index contributed by atoms with van der Waals surface area (Å²) in [4.78, 5) is 33.6. The third kappa shape index (κ3) is 6.25. The van der Waals surface area contributed by atoms with Crippen molar-refractivity contribution in [3.63, 3.8) is 0 Å². The summed E-state index contributed by atoms with van der Waals surface area (Å²) < 4.78 is 12.5. The van der Waals surface area contributed by atoms with Crippen LogP contribution < -0.4 is 10.1 Å². The van der Waals surface area contributed by atoms with Crippen LogP contribution in [-0.4, -0.2) is 39.2 Å². The molecule has 0 aliphatic carbocycles. The molecule has 0 bridgehead atoms. The number of hydrogen-bond donors (Lipinski definition) is 2. The SMILES string of the molecule is [C-]#[N+]c1cn2[nH]c(-c3cc(NC(=O)CC(CC)CCCC)ccc3OC)nc2c1C(=O)OC(C)(C)C. The van der Waals surface area contributed by atoms with Crippen molar-refractivity contribution in [3.05, 3.63) is 41.4 Å². The Morgan fingerprint density at radius 2 is 2.03 bits per heavy atom. The lowest BCUT2D eigenvalue weighted by Gasteiger charge is -2.19. The molecule has 9 nitrogen and oxygen atoms in total. The molecule has 0 aliphatic heterocycles. The van der Waals surface area contributed by atoms with Gasteiger partial charge in [0, 0.05) is 18.3 Å². The maximum absolute atomic E-state index is 12.8. The number of aromatic nitrogens is 3. The van der Waals surface area contributed by atoms with Crippen molar-refractivity contribution in [3.8, 4) is 17.1 Å². The highest BCUT2D eigenvalue weighted by Crippen LogP contribution is 2.34. The monoisotopic (exact) mass is 493 g/mol. The zero-order chi connectivity index (χ0) is 26.5. The second-order valence-corrected chi connectivity index (χ2v) is 9.85. The van der Waals surface area contributed by atoms with Gasteiger partial charge in [0.1, 0.15) is 16.9 Å². The average Bonchev–Trinajstić information content (AvgIpc) is 3.38. The summed E-state index contributed by atoms with van der Waals surface area (Å²) in [5.41, 5.74) is 1.04. The lowest BCUT2D eigenvalue weighted by Crippen LogP contribution is -2.23. The standard InChI is InChI=1S/C27H35N5O4/c1-8-10-11-17(9-2)14-22(33)29-18-12-13-21(35-7)19(15-18)24-30-25-23(26(34)36-27(3,4)5)20(28-6)16-32(25)31-24/h12-13,15-17H,8-11,14H2,1-5,7H3,(H,29,33)(H,30,31). The summed E-state index contributed by atoms with van der Waals surface area (Å²) in [7, 11) is 1.55. The number of methoxy groups -OCH3 is 1. The number of anilines is 1. The van der Waals surface area contributed by atoms with E-state index in [0.29, 0.717) is 35.2 Å². The molecule has 0 fully saturated rings. The number of aromatic amines is 1. The molecule has 192 valence electrons. The Kier molecular flexibility index (Phi) is 8.41. The maximum Gasteiger partial charge on any atom is 0.331 e. The van der Waals surface area contributed by atoms with Crippen LogP contribution in [0.4, 0.5) is 11.4 Å². The molecule has 1 unspecified atom stereocenters. The van der Waals surface area contributed by atoms with Crippen LogP contribution in [0.15, 0.2) is 24.4 Å². The van der Waals surface area contributed by atoms with Crippen LogP contribution in [0.5, 0.6) is 5.75 Å². The predicted molar refractivity (Wildman–Crippen MR) is 140 cm³/mol. The summed E-state index contributed by atoms with van der Waals surface area (Å²) >= 11 is 0. The number of hydrogen-bond acceptors (Lipinski definition) is 5. The van der Waals surface area contributed by atoms with Crippen molar-refractivity contribution in [1.29, 1.82) is 0 Å². The number of benzene rings is 1. The van der Waals surface area contributed by atoms with E-state index in [9.17, 15) is 9.59 Å². The molecule has 0 radical (unpaired) electrons. The minimum absolute atomic E-state index is 0.0319. The Balaban J connectivity index is 1.93. The first-order valence-corrected chi connectivity index (χ1v) is 12.3. The molecule has 36 heavy (non-hydrogen) atoms. The van der Waals surface area contributed by atoms with E-state index in [1.165, 1.54) is 10.7 Å². The number of carbonyl (C=O) groups is 2. The number of esters is 1. The van der Waals surface area contributed by atoms with E-state index in [-0.39, 0.29) is 22.8 Å². The minimum atomic E-state index is -0.715. The van der Waals surface area contributed by atoms with Gasteiger partial charge >= 0.3 is 5.97 Å². The highest BCUT2D eigenvalue weighted by molar-refractivity contribution is 6.03. The molecule has 9 heteroatoms. The van der Waals surface area contributed by atoms with Crippen molar-refractivity contribution in [2.45, 2.75) is 72.3 Å². The topological polar surface area (TPSA) is 102 Å². The third-order valence-corrected chi connectivity index (χ3v) is 5.88. The van der Waals surface area contributed by atoms with Crippen LogP contribution in [0.25, 0.3) is 21.9 Å². The summed E-state index contributed by atoms with van der Waals surface area (Å²) in [5, 5.41) is 6.10. The van der Waals surface area contributed by atoms with Crippen molar-refractivity contribution in [2.75, 3.05) is 12.4 Å². The van der Waals surface area contributed by atoms with Crippen molar-refractivity contribution >= 4 is 28.9 Å². The number of nitrogens with one attached hydrogen (secondary N) is 2. The Morgan fingerprint density at radius 3 is 2.64 bits per heavy atom. The number of carbonyl (C=O) groups excluding carboxylic acids is 2. The molecule has 2 aromatic heterocycles. The van der Waals surface area contributed by atoms with E-state index in [0.717, 1.165) is 25.7 Å². The predicted octanol–water partition coefficient (Wildman–Crippen LogP) is 6.39. The summed E-state index contributed by atoms with van der Waals surface area (Å²) in [6, 6.07) is 5.33. The number of unbranched alkanes of at least 4 members (excludes halogenated alkanes) is 1. The average molecular weight is 494 g/mol. The van der Waals surface area contributed by atoms with Gasteiger partial charge in [-0.3, -0.25) is 14.4 Å². The second kappa shape index (κ2) is 11.3. The number of H-pyrrole nitrogens is 1. The minimum Gasteiger partial charge on any atom is -0.496 e. The Bertz CT molecular complexity index is 1280. The van der Waals surface area contributed by atoms with Crippen LogP contribution in [0.2, 0.25) is 0 Å². The Hall–Kier alpha value is -3.80. The molecule has 1 amide bonds. The van der Waals surface area contributed by atoms with E-state index in [1.807, 2.05) is 0 Å². The van der Waals surface area contributed by atoms with Gasteiger partial charge in [-0.2, -0.15) is 0 Å². The van der Waals surface area contributed by atoms with Gasteiger partial charge in [-0.1, -0.05) is 33.1 Å². The van der Waals surface area contributed by atoms with E-state index in [2.05, 4.69) is 34.1 Å². The molecule has 3 aromatic rings. The van der Waals surface area contributed by atoms with Gasteiger partial charge in [0.25, 0.3) is 0 Å². The fourth-order valence-corrected chi connectivity index (χ4v) is 4.04. The van der Waals surface area contributed by atoms with E-state index in [1.54, 1.807) is 46.1 Å². The molecule has 3 rings (SSSR count). The van der Waals surface area contributed by atoms with Crippen LogP contribution >= 0.6 is 0 Å². The lowest BCUT2D eigenvalue weighted by atomic mass is 9.95. The first-order valence-electron chi connectivity index (χ1n) is 12.3. The van der Waals surface area contributed by atoms with E-state index < -0.39 is 11.6 Å². The third-order valence-electron chi connectivity index (χ3n) is 5.88. The quantitative estimate of drug-likeness (QED) is 0.252. The first-order chi connectivity index (χ1) is 17.1. The molecular formula is C27H35N5O4. The van der Waals surface area contributed by atoms with Gasteiger partial charge in [0.15, 0.2) is 11.5 Å². The molecule has 1 aromatic carbocycles. The lowest BCUT2D eigenvalue weighted by molar-refractivity contribution is -0.117. The zero-order valence-electron chi connectivity index (χ0n) is 21.9. The normalized spacial score (nSPS) is 12.2. The summed E-state index contributed by atoms with van der Waals surface area (Å²) in [6.07, 6.45) is 6.22. The number of amides is 1. The highest BCUT2D eigenvalue weighted by Gasteiger charge is 2.27. The van der Waals surface area contributed by atoms with Gasteiger partial charge < -0.3 is 14.8 Å². The van der Waals surface area contributed by atoms with Gasteiger partial charge in [-0.25, -0.2) is 14.6 Å². The Morgan fingerprint density at radius 1 is 1.28 bits per heavy atom. The van der Waals surface area contributed by atoms with Gasteiger partial charge in [0.05, 0.1) is 19.2 Å². The molecule has 1 atom stereocenters. The summed E-state index contributed by atoms with van der Waals surface area (Å²) in [5.74, 6) is 0.681.